The Labute approximate surface area is 188 Å². The van der Waals surface area contributed by atoms with Crippen molar-refractivity contribution in [2.75, 3.05) is 0 Å². The molecule has 1 aliphatic carbocycles. The molecule has 164 valence electrons. The Morgan fingerprint density at radius 2 is 2.06 bits per heavy atom. The van der Waals surface area contributed by atoms with Crippen LogP contribution in [-0.2, 0) is 6.54 Å². The van der Waals surface area contributed by atoms with Gasteiger partial charge in [0, 0.05) is 22.3 Å². The quantitative estimate of drug-likeness (QED) is 0.448. The van der Waals surface area contributed by atoms with Crippen LogP contribution in [0, 0.1) is 17.1 Å². The molecule has 31 heavy (non-hydrogen) atoms. The van der Waals surface area contributed by atoms with Crippen molar-refractivity contribution in [1.29, 1.82) is 5.26 Å². The second-order valence-corrected chi connectivity index (χ2v) is 8.57. The SMILES string of the molecule is CC1(F)CCC(N(O)C(=O)NCc2ncc(-c3cc(Cl)cc(Cl)c3C#N)cc2F)CC1. The van der Waals surface area contributed by atoms with E-state index in [2.05, 4.69) is 10.3 Å². The zero-order valence-electron chi connectivity index (χ0n) is 16.6. The lowest BCUT2D eigenvalue weighted by Crippen LogP contribution is -2.46. The average Bonchev–Trinajstić information content (AvgIpc) is 2.71. The van der Waals surface area contributed by atoms with Crippen LogP contribution in [0.1, 0.15) is 43.9 Å². The smallest absolute Gasteiger partial charge is 0.330 e. The van der Waals surface area contributed by atoms with Crippen molar-refractivity contribution in [3.63, 3.8) is 0 Å². The van der Waals surface area contributed by atoms with Crippen molar-refractivity contribution in [2.45, 2.75) is 50.9 Å². The minimum atomic E-state index is -1.29. The summed E-state index contributed by atoms with van der Waals surface area (Å²) >= 11 is 12.0. The number of nitrogens with one attached hydrogen (secondary N) is 1. The monoisotopic (exact) mass is 468 g/mol. The summed E-state index contributed by atoms with van der Waals surface area (Å²) in [6.45, 7) is 1.23. The summed E-state index contributed by atoms with van der Waals surface area (Å²) in [5, 5.41) is 22.8. The minimum absolute atomic E-state index is 0.0582. The van der Waals surface area contributed by atoms with Crippen molar-refractivity contribution in [3.8, 4) is 17.2 Å². The molecule has 2 N–H and O–H groups in total. The molecular formula is C21H20Cl2F2N4O2. The lowest BCUT2D eigenvalue weighted by molar-refractivity contribution is -0.0972. The first-order chi connectivity index (χ1) is 14.6. The third kappa shape index (κ3) is 5.42. The fourth-order valence-corrected chi connectivity index (χ4v) is 4.05. The normalized spacial score (nSPS) is 20.7. The maximum atomic E-state index is 14.6. The van der Waals surface area contributed by atoms with Crippen LogP contribution in [0.2, 0.25) is 10.0 Å². The van der Waals surface area contributed by atoms with Crippen molar-refractivity contribution < 1.29 is 18.8 Å². The maximum Gasteiger partial charge on any atom is 0.341 e. The highest BCUT2D eigenvalue weighted by atomic mass is 35.5. The molecule has 2 amide bonds. The van der Waals surface area contributed by atoms with Gasteiger partial charge in [-0.1, -0.05) is 23.2 Å². The summed E-state index contributed by atoms with van der Waals surface area (Å²) < 4.78 is 28.5. The van der Waals surface area contributed by atoms with Gasteiger partial charge in [-0.3, -0.25) is 10.2 Å². The van der Waals surface area contributed by atoms with E-state index in [1.165, 1.54) is 25.3 Å². The zero-order chi connectivity index (χ0) is 22.8. The van der Waals surface area contributed by atoms with E-state index < -0.39 is 23.6 Å². The lowest BCUT2D eigenvalue weighted by atomic mass is 9.85. The van der Waals surface area contributed by atoms with E-state index in [0.29, 0.717) is 29.0 Å². The Hall–Kier alpha value is -2.47. The van der Waals surface area contributed by atoms with Crippen LogP contribution in [0.3, 0.4) is 0 Å². The summed E-state index contributed by atoms with van der Waals surface area (Å²) in [5.74, 6) is -0.715. The molecule has 2 aromatic rings. The summed E-state index contributed by atoms with van der Waals surface area (Å²) in [7, 11) is 0. The van der Waals surface area contributed by atoms with E-state index in [-0.39, 0.29) is 40.7 Å². The number of amides is 2. The van der Waals surface area contributed by atoms with Gasteiger partial charge in [0.1, 0.15) is 17.6 Å². The van der Waals surface area contributed by atoms with Crippen LogP contribution in [0.5, 0.6) is 0 Å². The van der Waals surface area contributed by atoms with Gasteiger partial charge < -0.3 is 5.32 Å². The van der Waals surface area contributed by atoms with Gasteiger partial charge in [0.2, 0.25) is 0 Å². The van der Waals surface area contributed by atoms with E-state index >= 15 is 0 Å². The molecule has 0 atom stereocenters. The molecule has 1 saturated carbocycles. The summed E-state index contributed by atoms with van der Waals surface area (Å²) in [4.78, 5) is 16.2. The molecule has 0 bridgehead atoms. The van der Waals surface area contributed by atoms with Gasteiger partial charge in [-0.15, -0.1) is 0 Å². The second kappa shape index (κ2) is 9.35. The number of hydroxylamine groups is 2. The lowest BCUT2D eigenvalue weighted by Gasteiger charge is -2.34. The number of halogens is 4. The average molecular weight is 469 g/mol. The Morgan fingerprint density at radius 1 is 1.39 bits per heavy atom. The number of hydrogen-bond acceptors (Lipinski definition) is 4. The molecule has 10 heteroatoms. The molecule has 1 aliphatic rings. The van der Waals surface area contributed by atoms with Crippen LogP contribution < -0.4 is 5.32 Å². The van der Waals surface area contributed by atoms with Gasteiger partial charge in [0.25, 0.3) is 0 Å². The van der Waals surface area contributed by atoms with Crippen LogP contribution in [0.4, 0.5) is 13.6 Å². The number of urea groups is 1. The molecule has 0 unspecified atom stereocenters. The van der Waals surface area contributed by atoms with Gasteiger partial charge in [-0.25, -0.2) is 18.6 Å². The number of benzene rings is 1. The van der Waals surface area contributed by atoms with Crippen LogP contribution in [-0.4, -0.2) is 33.0 Å². The van der Waals surface area contributed by atoms with Crippen molar-refractivity contribution in [2.24, 2.45) is 0 Å². The number of nitriles is 1. The Bertz CT molecular complexity index is 1030. The molecule has 0 spiro atoms. The molecular weight excluding hydrogens is 449 g/mol. The van der Waals surface area contributed by atoms with Crippen molar-refractivity contribution >= 4 is 29.2 Å². The predicted octanol–water partition coefficient (Wildman–Crippen LogP) is 5.64. The second-order valence-electron chi connectivity index (χ2n) is 7.72. The van der Waals surface area contributed by atoms with E-state index in [4.69, 9.17) is 23.2 Å². The minimum Gasteiger partial charge on any atom is -0.330 e. The summed E-state index contributed by atoms with van der Waals surface area (Å²) in [6.07, 6.45) is 2.51. The topological polar surface area (TPSA) is 89.2 Å². The molecule has 0 aliphatic heterocycles. The fraction of sp³-hybridized carbons (Fsp3) is 0.381. The Balaban J connectivity index is 1.68. The number of nitrogens with zero attached hydrogens (tertiary/aromatic N) is 3. The van der Waals surface area contributed by atoms with E-state index in [1.54, 1.807) is 0 Å². The first-order valence-corrected chi connectivity index (χ1v) is 10.4. The number of aromatic nitrogens is 1. The van der Waals surface area contributed by atoms with E-state index in [1.807, 2.05) is 6.07 Å². The molecule has 1 fully saturated rings. The van der Waals surface area contributed by atoms with E-state index in [9.17, 15) is 24.0 Å². The molecule has 0 radical (unpaired) electrons. The maximum absolute atomic E-state index is 14.6. The summed E-state index contributed by atoms with van der Waals surface area (Å²) in [5.41, 5.74) is -0.575. The van der Waals surface area contributed by atoms with Crippen LogP contribution in [0.15, 0.2) is 24.4 Å². The standard InChI is InChI=1S/C21H20Cl2F2N4O2/c1-21(25)4-2-14(3-5-21)29(31)20(30)28-11-19-18(24)6-12(10-27-19)15-7-13(22)8-17(23)16(15)9-26/h6-8,10,14,31H,2-5,11H2,1H3,(H,28,30). The number of hydrogen-bond donors (Lipinski definition) is 2. The molecule has 3 rings (SSSR count). The van der Waals surface area contributed by atoms with Gasteiger partial charge >= 0.3 is 6.03 Å². The number of carbonyl (C=O) groups is 1. The first kappa shape index (κ1) is 23.2. The molecule has 0 saturated heterocycles. The molecule has 1 aromatic carbocycles. The predicted molar refractivity (Wildman–Crippen MR) is 112 cm³/mol. The van der Waals surface area contributed by atoms with Crippen molar-refractivity contribution in [1.82, 2.24) is 15.4 Å². The van der Waals surface area contributed by atoms with Gasteiger partial charge in [0.05, 0.1) is 28.9 Å². The highest BCUT2D eigenvalue weighted by molar-refractivity contribution is 6.36. The van der Waals surface area contributed by atoms with Gasteiger partial charge in [0.15, 0.2) is 0 Å². The number of carbonyl (C=O) groups excluding carboxylic acids is 1. The molecule has 1 aromatic heterocycles. The third-order valence-electron chi connectivity index (χ3n) is 5.35. The van der Waals surface area contributed by atoms with Gasteiger partial charge in [-0.2, -0.15) is 5.26 Å². The highest BCUT2D eigenvalue weighted by Gasteiger charge is 2.34. The number of rotatable bonds is 4. The van der Waals surface area contributed by atoms with Crippen molar-refractivity contribution in [3.05, 3.63) is 51.5 Å². The van der Waals surface area contributed by atoms with Crippen LogP contribution in [0.25, 0.3) is 11.1 Å². The summed E-state index contributed by atoms with van der Waals surface area (Å²) in [6, 6.07) is 4.71. The molecule has 6 nitrogen and oxygen atoms in total. The number of pyridine rings is 1. The number of alkyl halides is 1. The van der Waals surface area contributed by atoms with E-state index in [0.717, 1.165) is 6.07 Å². The highest BCUT2D eigenvalue weighted by Crippen LogP contribution is 2.34. The molecule has 1 heterocycles. The van der Waals surface area contributed by atoms with Crippen LogP contribution >= 0.6 is 23.2 Å². The Kier molecular flexibility index (Phi) is 6.99. The fourth-order valence-electron chi connectivity index (χ4n) is 3.51. The first-order valence-electron chi connectivity index (χ1n) is 9.60. The third-order valence-corrected chi connectivity index (χ3v) is 5.87. The zero-order valence-corrected chi connectivity index (χ0v) is 18.1. The van der Waals surface area contributed by atoms with Gasteiger partial charge in [-0.05, 0) is 50.8 Å². The Morgan fingerprint density at radius 3 is 2.68 bits per heavy atom. The largest absolute Gasteiger partial charge is 0.341 e.